The molecule has 7 N–H and O–H groups in total. The standard InChI is InChI=1S/C19H33N5O6S/c1-10(2)15(23-16(26)11(20)6-8-31-3)18(28)24-7-4-5-13(24)17(27)22-12(19(29)30)9-14(21)25/h10-13,15H,4-9,20H2,1-3H3,(H2,21,25)(H,22,27)(H,23,26)(H,29,30). The van der Waals surface area contributed by atoms with Crippen molar-refractivity contribution in [2.75, 3.05) is 18.6 Å². The Morgan fingerprint density at radius 3 is 2.35 bits per heavy atom. The SMILES string of the molecule is CSCCC(N)C(=O)NC(C(=O)N1CCCC1C(=O)NC(CC(N)=O)C(=O)O)C(C)C. The molecule has 1 heterocycles. The van der Waals surface area contributed by atoms with Crippen molar-refractivity contribution in [1.82, 2.24) is 15.5 Å². The van der Waals surface area contributed by atoms with Crippen LogP contribution in [0.1, 0.15) is 39.5 Å². The molecule has 4 atom stereocenters. The molecule has 0 bridgehead atoms. The van der Waals surface area contributed by atoms with Crippen LogP contribution in [-0.4, -0.2) is 82.3 Å². The van der Waals surface area contributed by atoms with Gasteiger partial charge in [-0.2, -0.15) is 11.8 Å². The van der Waals surface area contributed by atoms with Crippen LogP contribution in [0, 0.1) is 5.92 Å². The Balaban J connectivity index is 2.89. The molecule has 176 valence electrons. The number of primary amides is 1. The number of amides is 4. The molecule has 0 radical (unpaired) electrons. The largest absolute Gasteiger partial charge is 0.480 e. The summed E-state index contributed by atoms with van der Waals surface area (Å²) in [5.74, 6) is -3.35. The predicted molar refractivity (Wildman–Crippen MR) is 116 cm³/mol. The first kappa shape index (κ1) is 26.7. The van der Waals surface area contributed by atoms with Crippen molar-refractivity contribution in [3.05, 3.63) is 0 Å². The summed E-state index contributed by atoms with van der Waals surface area (Å²) in [6.07, 6.45) is 2.70. The fourth-order valence-corrected chi connectivity index (χ4v) is 3.79. The lowest BCUT2D eigenvalue weighted by Gasteiger charge is -2.31. The molecule has 1 fully saturated rings. The molecule has 0 aliphatic carbocycles. The van der Waals surface area contributed by atoms with E-state index in [4.69, 9.17) is 11.5 Å². The molecule has 11 nitrogen and oxygen atoms in total. The van der Waals surface area contributed by atoms with Crippen molar-refractivity contribution in [2.24, 2.45) is 17.4 Å². The van der Waals surface area contributed by atoms with E-state index in [9.17, 15) is 29.1 Å². The molecule has 1 rings (SSSR count). The Kier molecular flexibility index (Phi) is 10.8. The molecule has 4 amide bonds. The van der Waals surface area contributed by atoms with Crippen LogP contribution in [0.5, 0.6) is 0 Å². The third kappa shape index (κ3) is 8.02. The summed E-state index contributed by atoms with van der Waals surface area (Å²) in [4.78, 5) is 62.0. The maximum Gasteiger partial charge on any atom is 0.326 e. The van der Waals surface area contributed by atoms with E-state index in [2.05, 4.69) is 10.6 Å². The highest BCUT2D eigenvalue weighted by Gasteiger charge is 2.40. The maximum absolute atomic E-state index is 13.2. The van der Waals surface area contributed by atoms with E-state index in [1.54, 1.807) is 25.6 Å². The van der Waals surface area contributed by atoms with Gasteiger partial charge in [0.1, 0.15) is 18.1 Å². The molecule has 1 aliphatic rings. The zero-order chi connectivity index (χ0) is 23.7. The van der Waals surface area contributed by atoms with Crippen LogP contribution < -0.4 is 22.1 Å². The second-order valence-electron chi connectivity index (χ2n) is 7.88. The topological polar surface area (TPSA) is 185 Å². The second kappa shape index (κ2) is 12.5. The first-order valence-electron chi connectivity index (χ1n) is 10.2. The molecule has 0 aromatic carbocycles. The van der Waals surface area contributed by atoms with Gasteiger partial charge in [0, 0.05) is 6.54 Å². The monoisotopic (exact) mass is 459 g/mol. The summed E-state index contributed by atoms with van der Waals surface area (Å²) in [6, 6.07) is -3.99. The van der Waals surface area contributed by atoms with Crippen molar-refractivity contribution < 1.29 is 29.1 Å². The first-order chi connectivity index (χ1) is 14.5. The zero-order valence-electron chi connectivity index (χ0n) is 18.1. The van der Waals surface area contributed by atoms with E-state index < -0.39 is 60.2 Å². The number of likely N-dealkylation sites (tertiary alicyclic amines) is 1. The third-order valence-electron chi connectivity index (χ3n) is 5.06. The average molecular weight is 460 g/mol. The summed E-state index contributed by atoms with van der Waals surface area (Å²) >= 11 is 1.56. The summed E-state index contributed by atoms with van der Waals surface area (Å²) in [7, 11) is 0. The van der Waals surface area contributed by atoms with E-state index >= 15 is 0 Å². The van der Waals surface area contributed by atoms with Gasteiger partial charge in [-0.15, -0.1) is 0 Å². The smallest absolute Gasteiger partial charge is 0.326 e. The van der Waals surface area contributed by atoms with Crippen molar-refractivity contribution in [2.45, 2.75) is 63.7 Å². The van der Waals surface area contributed by atoms with Gasteiger partial charge in [0.05, 0.1) is 12.5 Å². The number of nitrogens with one attached hydrogen (secondary N) is 2. The Bertz CT molecular complexity index is 689. The van der Waals surface area contributed by atoms with E-state index in [1.807, 2.05) is 6.26 Å². The van der Waals surface area contributed by atoms with E-state index in [1.165, 1.54) is 4.90 Å². The molecular weight excluding hydrogens is 426 g/mol. The highest BCUT2D eigenvalue weighted by atomic mass is 32.2. The summed E-state index contributed by atoms with van der Waals surface area (Å²) < 4.78 is 0. The zero-order valence-corrected chi connectivity index (χ0v) is 18.9. The van der Waals surface area contributed by atoms with Crippen LogP contribution in [0.15, 0.2) is 0 Å². The Labute approximate surface area is 186 Å². The van der Waals surface area contributed by atoms with Crippen LogP contribution in [0.4, 0.5) is 0 Å². The lowest BCUT2D eigenvalue weighted by molar-refractivity contribution is -0.146. The number of nitrogens with two attached hydrogens (primary N) is 2. The van der Waals surface area contributed by atoms with Crippen molar-refractivity contribution >= 4 is 41.4 Å². The number of hydrogen-bond acceptors (Lipinski definition) is 7. The Morgan fingerprint density at radius 2 is 1.84 bits per heavy atom. The normalized spacial score (nSPS) is 18.9. The van der Waals surface area contributed by atoms with Gasteiger partial charge in [-0.25, -0.2) is 4.79 Å². The number of carbonyl (C=O) groups excluding carboxylic acids is 4. The van der Waals surface area contributed by atoms with Crippen molar-refractivity contribution in [3.63, 3.8) is 0 Å². The molecule has 4 unspecified atom stereocenters. The molecule has 0 aromatic heterocycles. The van der Waals surface area contributed by atoms with Crippen molar-refractivity contribution in [3.8, 4) is 0 Å². The fraction of sp³-hybridized carbons (Fsp3) is 0.737. The minimum Gasteiger partial charge on any atom is -0.480 e. The molecule has 0 spiro atoms. The quantitative estimate of drug-likeness (QED) is 0.237. The molecule has 12 heteroatoms. The van der Waals surface area contributed by atoms with Gasteiger partial charge in [-0.05, 0) is 37.2 Å². The van der Waals surface area contributed by atoms with Crippen LogP contribution in [0.3, 0.4) is 0 Å². The number of nitrogens with zero attached hydrogens (tertiary/aromatic N) is 1. The second-order valence-corrected chi connectivity index (χ2v) is 8.86. The minimum absolute atomic E-state index is 0.254. The van der Waals surface area contributed by atoms with Crippen LogP contribution in [-0.2, 0) is 24.0 Å². The summed E-state index contributed by atoms with van der Waals surface area (Å²) in [5.41, 5.74) is 10.9. The maximum atomic E-state index is 13.2. The molecule has 31 heavy (non-hydrogen) atoms. The lowest BCUT2D eigenvalue weighted by atomic mass is 10.0. The van der Waals surface area contributed by atoms with Gasteiger partial charge >= 0.3 is 5.97 Å². The number of rotatable bonds is 12. The fourth-order valence-electron chi connectivity index (χ4n) is 3.30. The molecule has 1 saturated heterocycles. The van der Waals surface area contributed by atoms with Gasteiger partial charge in [-0.1, -0.05) is 13.8 Å². The third-order valence-corrected chi connectivity index (χ3v) is 5.70. The van der Waals surface area contributed by atoms with E-state index in [0.717, 1.165) is 0 Å². The average Bonchev–Trinajstić information content (AvgIpc) is 3.18. The van der Waals surface area contributed by atoms with Gasteiger partial charge in [0.25, 0.3) is 0 Å². The number of carboxylic acids is 1. The number of thioether (sulfide) groups is 1. The minimum atomic E-state index is -1.47. The van der Waals surface area contributed by atoms with Crippen LogP contribution in [0.25, 0.3) is 0 Å². The summed E-state index contributed by atoms with van der Waals surface area (Å²) in [5, 5.41) is 14.2. The van der Waals surface area contributed by atoms with E-state index in [0.29, 0.717) is 31.6 Å². The van der Waals surface area contributed by atoms with Gasteiger partial charge in [0.15, 0.2) is 0 Å². The van der Waals surface area contributed by atoms with E-state index in [-0.39, 0.29) is 5.92 Å². The highest BCUT2D eigenvalue weighted by Crippen LogP contribution is 2.21. The van der Waals surface area contributed by atoms with Crippen LogP contribution >= 0.6 is 11.8 Å². The number of hydrogen-bond donors (Lipinski definition) is 5. The van der Waals surface area contributed by atoms with Crippen LogP contribution in [0.2, 0.25) is 0 Å². The predicted octanol–water partition coefficient (Wildman–Crippen LogP) is -1.36. The number of aliphatic carboxylic acids is 1. The van der Waals surface area contributed by atoms with Crippen molar-refractivity contribution in [1.29, 1.82) is 0 Å². The number of carboxylic acid groups (broad SMARTS) is 1. The van der Waals surface area contributed by atoms with Gasteiger partial charge < -0.3 is 32.1 Å². The Morgan fingerprint density at radius 1 is 1.19 bits per heavy atom. The Hall–Kier alpha value is -2.34. The molecular formula is C19H33N5O6S. The molecule has 0 aromatic rings. The highest BCUT2D eigenvalue weighted by molar-refractivity contribution is 7.98. The molecule has 1 aliphatic heterocycles. The summed E-state index contributed by atoms with van der Waals surface area (Å²) in [6.45, 7) is 3.84. The molecule has 0 saturated carbocycles. The van der Waals surface area contributed by atoms with Gasteiger partial charge in [0.2, 0.25) is 23.6 Å². The number of carbonyl (C=O) groups is 5. The van der Waals surface area contributed by atoms with Gasteiger partial charge in [-0.3, -0.25) is 19.2 Å². The first-order valence-corrected chi connectivity index (χ1v) is 11.6. The lowest BCUT2D eigenvalue weighted by Crippen LogP contribution is -2.58.